The molecule has 0 aliphatic rings. The van der Waals surface area contributed by atoms with E-state index in [0.717, 1.165) is 17.7 Å². The molecule has 94 valence electrons. The molecule has 4 nitrogen and oxygen atoms in total. The van der Waals surface area contributed by atoms with Crippen LogP contribution >= 0.6 is 0 Å². The van der Waals surface area contributed by atoms with E-state index in [2.05, 4.69) is 0 Å². The van der Waals surface area contributed by atoms with Crippen molar-refractivity contribution in [3.05, 3.63) is 23.8 Å². The largest absolute Gasteiger partial charge is 0.493 e. The number of carbonyl (C=O) groups is 1. The number of benzene rings is 1. The maximum absolute atomic E-state index is 10.4. The molecule has 4 heteroatoms. The molecule has 0 aliphatic carbocycles. The van der Waals surface area contributed by atoms with Gasteiger partial charge in [0.2, 0.25) is 0 Å². The van der Waals surface area contributed by atoms with E-state index < -0.39 is 5.97 Å². The Balaban J connectivity index is 2.65. The van der Waals surface area contributed by atoms with Gasteiger partial charge in [0.25, 0.3) is 0 Å². The molecular weight excluding hydrogens is 220 g/mol. The lowest BCUT2D eigenvalue weighted by Crippen LogP contribution is -1.98. The first-order valence-corrected chi connectivity index (χ1v) is 5.69. The SMILES string of the molecule is CCOc1ccc(CCCC(=O)O)cc1OC. The van der Waals surface area contributed by atoms with Gasteiger partial charge in [0.1, 0.15) is 0 Å². The molecule has 17 heavy (non-hydrogen) atoms. The van der Waals surface area contributed by atoms with E-state index in [0.29, 0.717) is 18.8 Å². The van der Waals surface area contributed by atoms with Gasteiger partial charge in [-0.15, -0.1) is 0 Å². The van der Waals surface area contributed by atoms with Gasteiger partial charge in [-0.1, -0.05) is 6.07 Å². The fraction of sp³-hybridized carbons (Fsp3) is 0.462. The molecule has 1 aromatic carbocycles. The fourth-order valence-corrected chi connectivity index (χ4v) is 1.59. The minimum absolute atomic E-state index is 0.190. The number of hydrogen-bond acceptors (Lipinski definition) is 3. The third-order valence-electron chi connectivity index (χ3n) is 2.38. The van der Waals surface area contributed by atoms with Crippen molar-refractivity contribution >= 4 is 5.97 Å². The van der Waals surface area contributed by atoms with Crippen LogP contribution in [0.1, 0.15) is 25.3 Å². The number of aliphatic carboxylic acids is 1. The second-order valence-electron chi connectivity index (χ2n) is 3.67. The average Bonchev–Trinajstić information content (AvgIpc) is 2.30. The van der Waals surface area contributed by atoms with Gasteiger partial charge in [-0.05, 0) is 37.5 Å². The van der Waals surface area contributed by atoms with Gasteiger partial charge in [-0.2, -0.15) is 0 Å². The highest BCUT2D eigenvalue weighted by atomic mass is 16.5. The molecular formula is C13H18O4. The van der Waals surface area contributed by atoms with Crippen LogP contribution in [0.5, 0.6) is 11.5 Å². The number of carboxylic acid groups (broad SMARTS) is 1. The van der Waals surface area contributed by atoms with Gasteiger partial charge in [-0.3, -0.25) is 4.79 Å². The molecule has 1 aromatic rings. The van der Waals surface area contributed by atoms with Crippen LogP contribution in [0.4, 0.5) is 0 Å². The molecule has 0 fully saturated rings. The van der Waals surface area contributed by atoms with Gasteiger partial charge < -0.3 is 14.6 Å². The molecule has 0 atom stereocenters. The van der Waals surface area contributed by atoms with Crippen LogP contribution in [0.2, 0.25) is 0 Å². The number of hydrogen-bond donors (Lipinski definition) is 1. The Labute approximate surface area is 101 Å². The van der Waals surface area contributed by atoms with Gasteiger partial charge >= 0.3 is 5.97 Å². The van der Waals surface area contributed by atoms with Crippen LogP contribution in [0, 0.1) is 0 Å². The Morgan fingerprint density at radius 3 is 2.71 bits per heavy atom. The van der Waals surface area contributed by atoms with Crippen molar-refractivity contribution in [1.29, 1.82) is 0 Å². The van der Waals surface area contributed by atoms with E-state index in [1.54, 1.807) is 7.11 Å². The van der Waals surface area contributed by atoms with Crippen molar-refractivity contribution in [3.63, 3.8) is 0 Å². The van der Waals surface area contributed by atoms with Crippen molar-refractivity contribution in [3.8, 4) is 11.5 Å². The normalized spacial score (nSPS) is 10.0. The van der Waals surface area contributed by atoms with E-state index in [1.807, 2.05) is 25.1 Å². The van der Waals surface area contributed by atoms with Crippen LogP contribution in [-0.4, -0.2) is 24.8 Å². The Morgan fingerprint density at radius 2 is 2.12 bits per heavy atom. The van der Waals surface area contributed by atoms with E-state index in [1.165, 1.54) is 0 Å². The first-order chi connectivity index (χ1) is 8.17. The van der Waals surface area contributed by atoms with E-state index in [-0.39, 0.29) is 6.42 Å². The lowest BCUT2D eigenvalue weighted by Gasteiger charge is -2.10. The van der Waals surface area contributed by atoms with Gasteiger partial charge in [-0.25, -0.2) is 0 Å². The van der Waals surface area contributed by atoms with Crippen LogP contribution in [0.3, 0.4) is 0 Å². The van der Waals surface area contributed by atoms with Crippen LogP contribution < -0.4 is 9.47 Å². The Kier molecular flexibility index (Phi) is 5.33. The van der Waals surface area contributed by atoms with E-state index >= 15 is 0 Å². The fourth-order valence-electron chi connectivity index (χ4n) is 1.59. The summed E-state index contributed by atoms with van der Waals surface area (Å²) < 4.78 is 10.6. The smallest absolute Gasteiger partial charge is 0.303 e. The number of ether oxygens (including phenoxy) is 2. The minimum Gasteiger partial charge on any atom is -0.493 e. The van der Waals surface area contributed by atoms with Crippen LogP contribution in [-0.2, 0) is 11.2 Å². The first-order valence-electron chi connectivity index (χ1n) is 5.69. The molecule has 1 rings (SSSR count). The zero-order valence-corrected chi connectivity index (χ0v) is 10.2. The number of rotatable bonds is 7. The van der Waals surface area contributed by atoms with Gasteiger partial charge in [0.15, 0.2) is 11.5 Å². The van der Waals surface area contributed by atoms with Gasteiger partial charge in [0.05, 0.1) is 13.7 Å². The molecule has 0 aliphatic heterocycles. The summed E-state index contributed by atoms with van der Waals surface area (Å²) in [6.07, 6.45) is 1.55. The van der Waals surface area contributed by atoms with Crippen molar-refractivity contribution in [2.45, 2.75) is 26.2 Å². The third kappa shape index (κ3) is 4.34. The summed E-state index contributed by atoms with van der Waals surface area (Å²) >= 11 is 0. The van der Waals surface area contributed by atoms with E-state index in [4.69, 9.17) is 14.6 Å². The lowest BCUT2D eigenvalue weighted by molar-refractivity contribution is -0.137. The van der Waals surface area contributed by atoms with Crippen molar-refractivity contribution in [2.75, 3.05) is 13.7 Å². The third-order valence-corrected chi connectivity index (χ3v) is 2.38. The second-order valence-corrected chi connectivity index (χ2v) is 3.67. The highest BCUT2D eigenvalue weighted by Gasteiger charge is 2.05. The van der Waals surface area contributed by atoms with Crippen molar-refractivity contribution in [2.24, 2.45) is 0 Å². The summed E-state index contributed by atoms with van der Waals surface area (Å²) in [4.78, 5) is 10.4. The average molecular weight is 238 g/mol. The van der Waals surface area contributed by atoms with Gasteiger partial charge in [0, 0.05) is 6.42 Å². The van der Waals surface area contributed by atoms with Crippen LogP contribution in [0.25, 0.3) is 0 Å². The maximum atomic E-state index is 10.4. The summed E-state index contributed by atoms with van der Waals surface area (Å²) in [5, 5.41) is 8.56. The zero-order chi connectivity index (χ0) is 12.7. The van der Waals surface area contributed by atoms with E-state index in [9.17, 15) is 4.79 Å². The lowest BCUT2D eigenvalue weighted by atomic mass is 10.1. The summed E-state index contributed by atoms with van der Waals surface area (Å²) in [5.74, 6) is 0.652. The minimum atomic E-state index is -0.761. The Bertz CT molecular complexity index is 374. The highest BCUT2D eigenvalue weighted by molar-refractivity contribution is 5.66. The second kappa shape index (κ2) is 6.78. The quantitative estimate of drug-likeness (QED) is 0.793. The predicted molar refractivity (Wildman–Crippen MR) is 64.7 cm³/mol. The topological polar surface area (TPSA) is 55.8 Å². The molecule has 0 spiro atoms. The van der Waals surface area contributed by atoms with Crippen molar-refractivity contribution in [1.82, 2.24) is 0 Å². The molecule has 1 N–H and O–H groups in total. The molecule has 0 unspecified atom stereocenters. The number of methoxy groups -OCH3 is 1. The molecule has 0 saturated heterocycles. The molecule has 0 aromatic heterocycles. The molecule has 0 bridgehead atoms. The molecule has 0 heterocycles. The zero-order valence-electron chi connectivity index (χ0n) is 10.2. The molecule has 0 saturated carbocycles. The standard InChI is InChI=1S/C13H18O4/c1-3-17-11-8-7-10(9-12(11)16-2)5-4-6-13(14)15/h7-9H,3-6H2,1-2H3,(H,14,15). The molecule has 0 radical (unpaired) electrons. The highest BCUT2D eigenvalue weighted by Crippen LogP contribution is 2.28. The number of aryl methyl sites for hydroxylation is 1. The maximum Gasteiger partial charge on any atom is 0.303 e. The summed E-state index contributed by atoms with van der Waals surface area (Å²) in [6, 6.07) is 5.70. The Morgan fingerprint density at radius 1 is 1.35 bits per heavy atom. The van der Waals surface area contributed by atoms with Crippen molar-refractivity contribution < 1.29 is 19.4 Å². The Hall–Kier alpha value is -1.71. The summed E-state index contributed by atoms with van der Waals surface area (Å²) in [7, 11) is 1.60. The number of carboxylic acids is 1. The van der Waals surface area contributed by atoms with Crippen LogP contribution in [0.15, 0.2) is 18.2 Å². The first kappa shape index (κ1) is 13.4. The summed E-state index contributed by atoms with van der Waals surface area (Å²) in [6.45, 7) is 2.51. The summed E-state index contributed by atoms with van der Waals surface area (Å²) in [5.41, 5.74) is 1.06. The monoisotopic (exact) mass is 238 g/mol. The molecule has 0 amide bonds. The predicted octanol–water partition coefficient (Wildman–Crippen LogP) is 2.50.